The topological polar surface area (TPSA) is 0 Å². The fourth-order valence-corrected chi connectivity index (χ4v) is 2.35. The number of aryl methyl sites for hydroxylation is 3. The van der Waals surface area contributed by atoms with Crippen molar-refractivity contribution in [2.75, 3.05) is 0 Å². The van der Waals surface area contributed by atoms with Crippen LogP contribution in [0.5, 0.6) is 0 Å². The van der Waals surface area contributed by atoms with Gasteiger partial charge in [0.15, 0.2) is 0 Å². The molecule has 1 aromatic carbocycles. The lowest BCUT2D eigenvalue weighted by Crippen LogP contribution is -1.95. The Morgan fingerprint density at radius 1 is 1.15 bits per heavy atom. The lowest BCUT2D eigenvalue weighted by atomic mass is 9.94. The van der Waals surface area contributed by atoms with Gasteiger partial charge in [0.05, 0.1) is 0 Å². The largest absolute Gasteiger partial charge is 0.0982 e. The van der Waals surface area contributed by atoms with E-state index < -0.39 is 0 Å². The molecule has 0 nitrogen and oxygen atoms in total. The van der Waals surface area contributed by atoms with Crippen molar-refractivity contribution in [1.29, 1.82) is 0 Å². The number of hydrogen-bond donors (Lipinski definition) is 0. The Morgan fingerprint density at radius 3 is 2.25 bits per heavy atom. The predicted molar refractivity (Wildman–Crippen MR) is 90.8 cm³/mol. The van der Waals surface area contributed by atoms with E-state index in [1.807, 2.05) is 0 Å². The Balaban J connectivity index is 3.11. The first-order valence-electron chi connectivity index (χ1n) is 7.74. The number of rotatable bonds is 4. The molecule has 0 aliphatic carbocycles. The third-order valence-electron chi connectivity index (χ3n) is 3.55. The maximum atomic E-state index is 3.38. The number of benzene rings is 1. The van der Waals surface area contributed by atoms with Crippen molar-refractivity contribution in [2.45, 2.75) is 60.8 Å². The lowest BCUT2D eigenvalue weighted by Gasteiger charge is -2.10. The van der Waals surface area contributed by atoms with E-state index in [2.05, 4.69) is 71.6 Å². The normalized spacial score (nSPS) is 11.4. The van der Waals surface area contributed by atoms with E-state index in [1.54, 1.807) is 0 Å². The van der Waals surface area contributed by atoms with Crippen LogP contribution in [0.4, 0.5) is 0 Å². The number of hydrogen-bond acceptors (Lipinski definition) is 0. The first kappa shape index (κ1) is 16.6. The molecule has 0 saturated carbocycles. The average molecular weight is 268 g/mol. The number of unbranched alkanes of at least 4 members (excludes halogenated alkanes) is 2. The van der Waals surface area contributed by atoms with E-state index in [4.69, 9.17) is 0 Å². The van der Waals surface area contributed by atoms with Crippen LogP contribution in [0.3, 0.4) is 0 Å². The van der Waals surface area contributed by atoms with Crippen molar-refractivity contribution in [3.05, 3.63) is 40.0 Å². The maximum Gasteiger partial charge on any atom is 0.00922 e. The summed E-state index contributed by atoms with van der Waals surface area (Å²) >= 11 is 0. The second kappa shape index (κ2) is 7.95. The van der Waals surface area contributed by atoms with E-state index in [0.29, 0.717) is 5.92 Å². The van der Waals surface area contributed by atoms with Crippen molar-refractivity contribution in [2.24, 2.45) is 5.92 Å². The van der Waals surface area contributed by atoms with Crippen molar-refractivity contribution >= 4 is 6.08 Å². The summed E-state index contributed by atoms with van der Waals surface area (Å²) in [7, 11) is 0. The van der Waals surface area contributed by atoms with Crippen molar-refractivity contribution in [3.8, 4) is 11.8 Å². The van der Waals surface area contributed by atoms with E-state index in [0.717, 1.165) is 6.42 Å². The van der Waals surface area contributed by atoms with Gasteiger partial charge in [0.25, 0.3) is 0 Å². The van der Waals surface area contributed by atoms with Gasteiger partial charge in [-0.1, -0.05) is 56.7 Å². The van der Waals surface area contributed by atoms with Crippen LogP contribution in [0, 0.1) is 38.5 Å². The smallest absolute Gasteiger partial charge is 0.00922 e. The highest BCUT2D eigenvalue weighted by Crippen LogP contribution is 2.22. The SMILES string of the molecule is CCCCC#C/C(=C\c1c(C)cc(C)cc1C)C(C)C. The molecule has 0 aromatic heterocycles. The quantitative estimate of drug-likeness (QED) is 0.475. The molecule has 0 radical (unpaired) electrons. The van der Waals surface area contributed by atoms with Crippen LogP contribution in [0.15, 0.2) is 17.7 Å². The molecule has 0 heteroatoms. The minimum Gasteiger partial charge on any atom is -0.0982 e. The third-order valence-corrected chi connectivity index (χ3v) is 3.55. The first-order chi connectivity index (χ1) is 9.45. The van der Waals surface area contributed by atoms with Gasteiger partial charge < -0.3 is 0 Å². The summed E-state index contributed by atoms with van der Waals surface area (Å²) < 4.78 is 0. The Kier molecular flexibility index (Phi) is 6.59. The summed E-state index contributed by atoms with van der Waals surface area (Å²) in [5.41, 5.74) is 6.60. The Bertz CT molecular complexity index is 510. The second-order valence-corrected chi connectivity index (χ2v) is 5.97. The average Bonchev–Trinajstić information content (AvgIpc) is 2.35. The summed E-state index contributed by atoms with van der Waals surface area (Å²) in [4.78, 5) is 0. The van der Waals surface area contributed by atoms with Crippen LogP contribution in [-0.4, -0.2) is 0 Å². The first-order valence-corrected chi connectivity index (χ1v) is 7.74. The molecule has 1 rings (SSSR count). The van der Waals surface area contributed by atoms with Gasteiger partial charge in [-0.25, -0.2) is 0 Å². The van der Waals surface area contributed by atoms with Crippen molar-refractivity contribution in [1.82, 2.24) is 0 Å². The molecule has 0 saturated heterocycles. The van der Waals surface area contributed by atoms with Gasteiger partial charge in [0.2, 0.25) is 0 Å². The molecule has 108 valence electrons. The zero-order valence-corrected chi connectivity index (χ0v) is 13.9. The van der Waals surface area contributed by atoms with E-state index >= 15 is 0 Å². The minimum atomic E-state index is 0.476. The van der Waals surface area contributed by atoms with Gasteiger partial charge >= 0.3 is 0 Å². The molecule has 0 aliphatic rings. The lowest BCUT2D eigenvalue weighted by molar-refractivity contribution is 0.801. The fraction of sp³-hybridized carbons (Fsp3) is 0.500. The standard InChI is InChI=1S/C20H28/c1-7-8-9-10-11-19(15(2)3)14-20-17(5)12-16(4)13-18(20)6/h12-15H,7-9H2,1-6H3/b19-14+. The predicted octanol–water partition coefficient (Wildman–Crippen LogP) is 5.84. The summed E-state index contributed by atoms with van der Waals surface area (Å²) in [5.74, 6) is 7.18. The molecule has 0 amide bonds. The van der Waals surface area contributed by atoms with E-state index in [9.17, 15) is 0 Å². The van der Waals surface area contributed by atoms with Gasteiger partial charge in [-0.3, -0.25) is 0 Å². The maximum absolute atomic E-state index is 3.38. The van der Waals surface area contributed by atoms with Crippen LogP contribution in [0.25, 0.3) is 6.08 Å². The molecule has 0 heterocycles. The second-order valence-electron chi connectivity index (χ2n) is 5.97. The molecule has 1 aromatic rings. The molecule has 0 atom stereocenters. The summed E-state index contributed by atoms with van der Waals surface area (Å²) in [5, 5.41) is 0. The fourth-order valence-electron chi connectivity index (χ4n) is 2.35. The Hall–Kier alpha value is -1.48. The van der Waals surface area contributed by atoms with Gasteiger partial charge in [-0.2, -0.15) is 0 Å². The van der Waals surface area contributed by atoms with Gasteiger partial charge in [0.1, 0.15) is 0 Å². The third kappa shape index (κ3) is 4.89. The highest BCUT2D eigenvalue weighted by Gasteiger charge is 2.05. The number of allylic oxidation sites excluding steroid dienone is 1. The van der Waals surface area contributed by atoms with E-state index in [1.165, 1.54) is 40.7 Å². The van der Waals surface area contributed by atoms with Gasteiger partial charge in [-0.05, 0) is 55.9 Å². The Labute approximate surface area is 125 Å². The minimum absolute atomic E-state index is 0.476. The highest BCUT2D eigenvalue weighted by atomic mass is 14.1. The summed E-state index contributed by atoms with van der Waals surface area (Å²) in [6.07, 6.45) is 5.70. The van der Waals surface area contributed by atoms with Crippen LogP contribution in [0.1, 0.15) is 62.3 Å². The molecule has 0 spiro atoms. The molecular weight excluding hydrogens is 240 g/mol. The summed E-state index contributed by atoms with van der Waals surface area (Å²) in [6, 6.07) is 4.50. The van der Waals surface area contributed by atoms with Gasteiger partial charge in [-0.15, -0.1) is 0 Å². The molecule has 0 bridgehead atoms. The monoisotopic (exact) mass is 268 g/mol. The van der Waals surface area contributed by atoms with Crippen LogP contribution in [-0.2, 0) is 0 Å². The van der Waals surface area contributed by atoms with Crippen LogP contribution >= 0.6 is 0 Å². The van der Waals surface area contributed by atoms with Crippen molar-refractivity contribution in [3.63, 3.8) is 0 Å². The molecule has 0 N–H and O–H groups in total. The molecule has 0 aliphatic heterocycles. The van der Waals surface area contributed by atoms with E-state index in [-0.39, 0.29) is 0 Å². The zero-order chi connectivity index (χ0) is 15.1. The molecule has 0 fully saturated rings. The van der Waals surface area contributed by atoms with Crippen LogP contribution < -0.4 is 0 Å². The molecule has 0 unspecified atom stereocenters. The Morgan fingerprint density at radius 2 is 1.75 bits per heavy atom. The van der Waals surface area contributed by atoms with Crippen molar-refractivity contribution < 1.29 is 0 Å². The zero-order valence-electron chi connectivity index (χ0n) is 13.9. The molecular formula is C20H28. The van der Waals surface area contributed by atoms with Gasteiger partial charge in [0, 0.05) is 12.0 Å². The molecule has 20 heavy (non-hydrogen) atoms. The summed E-state index contributed by atoms with van der Waals surface area (Å²) in [6.45, 7) is 13.2. The van der Waals surface area contributed by atoms with Crippen LogP contribution in [0.2, 0.25) is 0 Å². The highest BCUT2D eigenvalue weighted by molar-refractivity contribution is 5.64.